The molecule has 20 heavy (non-hydrogen) atoms. The van der Waals surface area contributed by atoms with Gasteiger partial charge in [0.2, 0.25) is 11.8 Å². The normalized spacial score (nSPS) is 23.2. The number of nitrogens with one attached hydrogen (secondary N) is 2. The van der Waals surface area contributed by atoms with Crippen molar-refractivity contribution in [2.75, 3.05) is 12.3 Å². The highest BCUT2D eigenvalue weighted by atomic mass is 32.2. The minimum atomic E-state index is -0.453. The van der Waals surface area contributed by atoms with Gasteiger partial charge < -0.3 is 10.6 Å². The van der Waals surface area contributed by atoms with Crippen molar-refractivity contribution >= 4 is 23.6 Å². The Morgan fingerprint density at radius 1 is 1.20 bits per heavy atom. The molecule has 2 N–H and O–H groups in total. The third-order valence-electron chi connectivity index (χ3n) is 3.52. The van der Waals surface area contributed by atoms with Crippen molar-refractivity contribution in [3.05, 3.63) is 0 Å². The molecule has 1 aliphatic rings. The van der Waals surface area contributed by atoms with Gasteiger partial charge in [-0.2, -0.15) is 11.8 Å². The summed E-state index contributed by atoms with van der Waals surface area (Å²) in [6, 6.07) is 0.257. The van der Waals surface area contributed by atoms with Gasteiger partial charge in [0.15, 0.2) is 0 Å². The predicted molar refractivity (Wildman–Crippen MR) is 84.8 cm³/mol. The van der Waals surface area contributed by atoms with Crippen LogP contribution in [0.4, 0.5) is 0 Å². The summed E-state index contributed by atoms with van der Waals surface area (Å²) in [5.74, 6) is 0.921. The largest absolute Gasteiger partial charge is 0.351 e. The monoisotopic (exact) mass is 300 g/mol. The van der Waals surface area contributed by atoms with Crippen molar-refractivity contribution in [3.8, 4) is 0 Å². The van der Waals surface area contributed by atoms with Gasteiger partial charge in [-0.25, -0.2) is 0 Å². The Hall–Kier alpha value is -0.710. The molecule has 0 spiro atoms. The van der Waals surface area contributed by atoms with Gasteiger partial charge >= 0.3 is 0 Å². The zero-order valence-corrected chi connectivity index (χ0v) is 13.9. The first kappa shape index (κ1) is 17.3. The molecular formula is C15H28N2O2S. The summed E-state index contributed by atoms with van der Waals surface area (Å²) in [6.07, 6.45) is 4.67. The highest BCUT2D eigenvalue weighted by molar-refractivity contribution is 7.99. The lowest BCUT2D eigenvalue weighted by Gasteiger charge is -2.31. The lowest BCUT2D eigenvalue weighted by molar-refractivity contribution is -0.131. The number of carbonyl (C=O) groups is 2. The number of hydrogen-bond donors (Lipinski definition) is 2. The predicted octanol–water partition coefficient (Wildman–Crippen LogP) is 2.33. The molecular weight excluding hydrogens is 272 g/mol. The number of amides is 2. The molecule has 2 amide bonds. The van der Waals surface area contributed by atoms with Crippen LogP contribution in [-0.2, 0) is 9.59 Å². The Kier molecular flexibility index (Phi) is 6.86. The smallest absolute Gasteiger partial charge is 0.239 e. The number of thioether (sulfide) groups is 1. The topological polar surface area (TPSA) is 58.2 Å². The maximum Gasteiger partial charge on any atom is 0.239 e. The van der Waals surface area contributed by atoms with Crippen LogP contribution in [0.25, 0.3) is 0 Å². The van der Waals surface area contributed by atoms with Gasteiger partial charge in [0.05, 0.1) is 6.54 Å². The van der Waals surface area contributed by atoms with Crippen LogP contribution in [0, 0.1) is 5.41 Å². The van der Waals surface area contributed by atoms with Gasteiger partial charge in [-0.3, -0.25) is 9.59 Å². The minimum Gasteiger partial charge on any atom is -0.351 e. The third kappa shape index (κ3) is 5.73. The summed E-state index contributed by atoms with van der Waals surface area (Å²) >= 11 is 1.93. The van der Waals surface area contributed by atoms with E-state index < -0.39 is 5.41 Å². The molecule has 0 bridgehead atoms. The molecule has 4 nitrogen and oxygen atoms in total. The lowest BCUT2D eigenvalue weighted by Crippen LogP contribution is -2.48. The van der Waals surface area contributed by atoms with Crippen molar-refractivity contribution < 1.29 is 9.59 Å². The number of hydrogen-bond acceptors (Lipinski definition) is 3. The molecule has 0 radical (unpaired) electrons. The van der Waals surface area contributed by atoms with Crippen molar-refractivity contribution in [3.63, 3.8) is 0 Å². The molecule has 1 fully saturated rings. The van der Waals surface area contributed by atoms with Crippen molar-refractivity contribution in [2.45, 2.75) is 64.7 Å². The summed E-state index contributed by atoms with van der Waals surface area (Å²) in [4.78, 5) is 23.7. The van der Waals surface area contributed by atoms with Crippen LogP contribution in [0.1, 0.15) is 53.4 Å². The van der Waals surface area contributed by atoms with Crippen LogP contribution < -0.4 is 10.6 Å². The Morgan fingerprint density at radius 2 is 1.85 bits per heavy atom. The summed E-state index contributed by atoms with van der Waals surface area (Å²) in [5, 5.41) is 6.31. The molecule has 0 aromatic heterocycles. The molecule has 0 aromatic rings. The van der Waals surface area contributed by atoms with Gasteiger partial charge in [0.25, 0.3) is 0 Å². The SMILES string of the molecule is CCSC1CCCCC1NC(=O)CNC(=O)C(C)(C)C. The molecule has 2 unspecified atom stereocenters. The van der Waals surface area contributed by atoms with E-state index in [0.29, 0.717) is 5.25 Å². The van der Waals surface area contributed by atoms with Crippen LogP contribution in [0.5, 0.6) is 0 Å². The van der Waals surface area contributed by atoms with Gasteiger partial charge in [-0.1, -0.05) is 40.5 Å². The minimum absolute atomic E-state index is 0.0730. The summed E-state index contributed by atoms with van der Waals surface area (Å²) < 4.78 is 0. The van der Waals surface area contributed by atoms with Crippen LogP contribution >= 0.6 is 11.8 Å². The summed E-state index contributed by atoms with van der Waals surface area (Å²) in [5.41, 5.74) is -0.453. The highest BCUT2D eigenvalue weighted by Gasteiger charge is 2.27. The Balaban J connectivity index is 2.38. The second-order valence-electron chi connectivity index (χ2n) is 6.38. The molecule has 2 atom stereocenters. The fourth-order valence-corrected chi connectivity index (χ4v) is 3.56. The van der Waals surface area contributed by atoms with Gasteiger partial charge in [-0.05, 0) is 18.6 Å². The van der Waals surface area contributed by atoms with E-state index in [1.807, 2.05) is 32.5 Å². The molecule has 0 saturated heterocycles. The maximum absolute atomic E-state index is 12.0. The first-order chi connectivity index (χ1) is 9.34. The lowest BCUT2D eigenvalue weighted by atomic mass is 9.94. The molecule has 5 heteroatoms. The van der Waals surface area contributed by atoms with Crippen LogP contribution in [0.2, 0.25) is 0 Å². The molecule has 0 aliphatic heterocycles. The number of carbonyl (C=O) groups excluding carboxylic acids is 2. The quantitative estimate of drug-likeness (QED) is 0.819. The Morgan fingerprint density at radius 3 is 2.45 bits per heavy atom. The van der Waals surface area contributed by atoms with Crippen molar-refractivity contribution in [2.24, 2.45) is 5.41 Å². The maximum atomic E-state index is 12.0. The molecule has 1 aliphatic carbocycles. The highest BCUT2D eigenvalue weighted by Crippen LogP contribution is 2.28. The van der Waals surface area contributed by atoms with E-state index in [-0.39, 0.29) is 24.4 Å². The molecule has 0 heterocycles. The average Bonchev–Trinajstić information content (AvgIpc) is 2.37. The van der Waals surface area contributed by atoms with Crippen LogP contribution in [0.15, 0.2) is 0 Å². The summed E-state index contributed by atoms with van der Waals surface area (Å²) in [7, 11) is 0. The third-order valence-corrected chi connectivity index (χ3v) is 4.85. The fourth-order valence-electron chi connectivity index (χ4n) is 2.36. The summed E-state index contributed by atoms with van der Waals surface area (Å²) in [6.45, 7) is 7.76. The van der Waals surface area contributed by atoms with E-state index in [2.05, 4.69) is 17.6 Å². The standard InChI is InChI=1S/C15H28N2O2S/c1-5-20-12-9-7-6-8-11(12)17-13(18)10-16-14(19)15(2,3)4/h11-12H,5-10H2,1-4H3,(H,16,19)(H,17,18). The molecule has 1 rings (SSSR count). The van der Waals surface area contributed by atoms with Gasteiger partial charge in [0, 0.05) is 16.7 Å². The molecule has 116 valence electrons. The Bertz CT molecular complexity index is 337. The molecule has 0 aromatic carbocycles. The van der Waals surface area contributed by atoms with Gasteiger partial charge in [0.1, 0.15) is 0 Å². The van der Waals surface area contributed by atoms with E-state index >= 15 is 0 Å². The molecule has 1 saturated carbocycles. The Labute approximate surface area is 126 Å². The van der Waals surface area contributed by atoms with E-state index in [0.717, 1.165) is 12.2 Å². The first-order valence-electron chi connectivity index (χ1n) is 7.54. The zero-order chi connectivity index (χ0) is 15.2. The fraction of sp³-hybridized carbons (Fsp3) is 0.867. The van der Waals surface area contributed by atoms with Crippen molar-refractivity contribution in [1.29, 1.82) is 0 Å². The van der Waals surface area contributed by atoms with E-state index in [1.54, 1.807) is 0 Å². The second-order valence-corrected chi connectivity index (χ2v) is 7.90. The second kappa shape index (κ2) is 7.91. The van der Waals surface area contributed by atoms with Crippen LogP contribution in [-0.4, -0.2) is 35.4 Å². The van der Waals surface area contributed by atoms with Gasteiger partial charge in [-0.15, -0.1) is 0 Å². The van der Waals surface area contributed by atoms with E-state index in [9.17, 15) is 9.59 Å². The van der Waals surface area contributed by atoms with Crippen LogP contribution in [0.3, 0.4) is 0 Å². The number of rotatable bonds is 5. The zero-order valence-electron chi connectivity index (χ0n) is 13.1. The van der Waals surface area contributed by atoms with E-state index in [4.69, 9.17) is 0 Å². The van der Waals surface area contributed by atoms with E-state index in [1.165, 1.54) is 19.3 Å². The average molecular weight is 300 g/mol. The first-order valence-corrected chi connectivity index (χ1v) is 8.58. The van der Waals surface area contributed by atoms with Crippen molar-refractivity contribution in [1.82, 2.24) is 10.6 Å².